The van der Waals surface area contributed by atoms with Crippen LogP contribution < -0.4 is 4.74 Å². The van der Waals surface area contributed by atoms with Gasteiger partial charge < -0.3 is 4.74 Å². The van der Waals surface area contributed by atoms with Crippen molar-refractivity contribution in [2.75, 3.05) is 0 Å². The van der Waals surface area contributed by atoms with Gasteiger partial charge in [0.2, 0.25) is 0 Å². The fraction of sp³-hybridized carbons (Fsp3) is 0.0556. The zero-order valence-corrected chi connectivity index (χ0v) is 32.6. The standard InChI is InChI=1S/C54H38FN3O/c1-54(2)48-23-13-12-21-46(48)50-47(22-14-24-49(50)59-54)53-57-51(43-31-39(35-15-6-3-7-16-35)29-40(32-43)36-17-8-4-9-18-36)56-52(58-53)44-33-41(37-19-10-5-11-20-37)30-42(34-44)38-25-27-45(55)28-26-38/h3-34H,1-2H3. The van der Waals surface area contributed by atoms with Gasteiger partial charge in [-0.05, 0) is 119 Å². The van der Waals surface area contributed by atoms with Crippen LogP contribution in [-0.2, 0) is 5.60 Å². The summed E-state index contributed by atoms with van der Waals surface area (Å²) in [5.41, 5.74) is 13.2. The predicted molar refractivity (Wildman–Crippen MR) is 237 cm³/mol. The third-order valence-corrected chi connectivity index (χ3v) is 11.0. The van der Waals surface area contributed by atoms with Crippen molar-refractivity contribution >= 4 is 0 Å². The van der Waals surface area contributed by atoms with Crippen molar-refractivity contribution in [3.05, 3.63) is 206 Å². The molecule has 0 spiro atoms. The summed E-state index contributed by atoms with van der Waals surface area (Å²) in [4.78, 5) is 16.0. The summed E-state index contributed by atoms with van der Waals surface area (Å²) < 4.78 is 20.9. The van der Waals surface area contributed by atoms with E-state index in [1.165, 1.54) is 12.1 Å². The third-order valence-electron chi connectivity index (χ3n) is 11.0. The lowest BCUT2D eigenvalue weighted by atomic mass is 9.84. The van der Waals surface area contributed by atoms with Crippen LogP contribution in [0.25, 0.3) is 89.8 Å². The van der Waals surface area contributed by atoms with E-state index in [4.69, 9.17) is 19.7 Å². The average Bonchev–Trinajstić information content (AvgIpc) is 3.29. The van der Waals surface area contributed by atoms with Crippen LogP contribution in [0, 0.1) is 5.82 Å². The molecule has 2 heterocycles. The minimum Gasteiger partial charge on any atom is -0.482 e. The number of nitrogens with zero attached hydrogens (tertiary/aromatic N) is 3. The predicted octanol–water partition coefficient (Wildman–Crippen LogP) is 14.0. The van der Waals surface area contributed by atoms with Crippen molar-refractivity contribution in [1.82, 2.24) is 15.0 Å². The highest BCUT2D eigenvalue weighted by atomic mass is 19.1. The highest BCUT2D eigenvalue weighted by Gasteiger charge is 2.34. The lowest BCUT2D eigenvalue weighted by molar-refractivity contribution is 0.106. The van der Waals surface area contributed by atoms with Crippen LogP contribution in [0.1, 0.15) is 19.4 Å². The van der Waals surface area contributed by atoms with Crippen LogP contribution in [0.3, 0.4) is 0 Å². The zero-order chi connectivity index (χ0) is 39.9. The van der Waals surface area contributed by atoms with Gasteiger partial charge in [-0.25, -0.2) is 19.3 Å². The van der Waals surface area contributed by atoms with E-state index in [1.54, 1.807) is 0 Å². The Kier molecular flexibility index (Phi) is 8.99. The van der Waals surface area contributed by atoms with E-state index in [0.29, 0.717) is 17.5 Å². The van der Waals surface area contributed by atoms with Gasteiger partial charge >= 0.3 is 0 Å². The second-order valence-corrected chi connectivity index (χ2v) is 15.3. The van der Waals surface area contributed by atoms with Gasteiger partial charge in [-0.3, -0.25) is 0 Å². The van der Waals surface area contributed by atoms with Gasteiger partial charge in [0.25, 0.3) is 0 Å². The van der Waals surface area contributed by atoms with Gasteiger partial charge in [-0.15, -0.1) is 0 Å². The third kappa shape index (κ3) is 6.98. The van der Waals surface area contributed by atoms with Crippen LogP contribution in [0.2, 0.25) is 0 Å². The lowest BCUT2D eigenvalue weighted by Gasteiger charge is -2.35. The van der Waals surface area contributed by atoms with Crippen molar-refractivity contribution in [2.24, 2.45) is 0 Å². The molecule has 9 aromatic rings. The monoisotopic (exact) mass is 763 g/mol. The topological polar surface area (TPSA) is 47.9 Å². The Bertz CT molecular complexity index is 2930. The van der Waals surface area contributed by atoms with Crippen molar-refractivity contribution in [2.45, 2.75) is 19.4 Å². The first-order valence-corrected chi connectivity index (χ1v) is 19.8. The zero-order valence-electron chi connectivity index (χ0n) is 32.6. The first-order chi connectivity index (χ1) is 28.9. The highest BCUT2D eigenvalue weighted by molar-refractivity contribution is 5.90. The molecule has 0 bridgehead atoms. The molecular weight excluding hydrogens is 726 g/mol. The van der Waals surface area contributed by atoms with E-state index in [-0.39, 0.29) is 5.82 Å². The molecule has 0 saturated heterocycles. The summed E-state index contributed by atoms with van der Waals surface area (Å²) in [7, 11) is 0. The number of aromatic nitrogens is 3. The van der Waals surface area contributed by atoms with Gasteiger partial charge in [0.1, 0.15) is 17.2 Å². The Morgan fingerprint density at radius 1 is 0.373 bits per heavy atom. The molecule has 8 aromatic carbocycles. The maximum atomic E-state index is 14.2. The first-order valence-electron chi connectivity index (χ1n) is 19.8. The molecule has 59 heavy (non-hydrogen) atoms. The summed E-state index contributed by atoms with van der Waals surface area (Å²) in [5.74, 6) is 2.07. The number of hydrogen-bond donors (Lipinski definition) is 0. The Morgan fingerprint density at radius 3 is 1.29 bits per heavy atom. The molecule has 1 aliphatic heterocycles. The molecule has 1 aromatic heterocycles. The molecule has 0 radical (unpaired) electrons. The van der Waals surface area contributed by atoms with E-state index in [0.717, 1.165) is 83.6 Å². The second kappa shape index (κ2) is 14.8. The van der Waals surface area contributed by atoms with E-state index in [9.17, 15) is 4.39 Å². The quantitative estimate of drug-likeness (QED) is 0.162. The summed E-state index contributed by atoms with van der Waals surface area (Å²) in [6.45, 7) is 4.20. The van der Waals surface area contributed by atoms with E-state index in [1.807, 2.05) is 54.6 Å². The number of hydrogen-bond acceptors (Lipinski definition) is 4. The minimum absolute atomic E-state index is 0.285. The molecule has 282 valence electrons. The number of halogens is 1. The molecule has 0 saturated carbocycles. The molecule has 0 aliphatic carbocycles. The number of rotatable bonds is 7. The maximum Gasteiger partial charge on any atom is 0.164 e. The fourth-order valence-electron chi connectivity index (χ4n) is 8.11. The Morgan fingerprint density at radius 2 is 0.780 bits per heavy atom. The SMILES string of the molecule is CC1(C)Oc2cccc(-c3nc(-c4cc(-c5ccccc5)cc(-c5ccccc5)c4)nc(-c4cc(-c5ccccc5)cc(-c5ccc(F)cc5)c4)n3)c2-c2ccccc21. The van der Waals surface area contributed by atoms with Gasteiger partial charge in [0, 0.05) is 27.8 Å². The highest BCUT2D eigenvalue weighted by Crippen LogP contribution is 2.49. The van der Waals surface area contributed by atoms with Crippen LogP contribution in [0.5, 0.6) is 5.75 Å². The number of fused-ring (bicyclic) bond motifs is 3. The molecule has 0 atom stereocenters. The Balaban J connectivity index is 1.25. The Hall–Kier alpha value is -7.50. The van der Waals surface area contributed by atoms with Crippen molar-refractivity contribution < 1.29 is 9.13 Å². The van der Waals surface area contributed by atoms with E-state index < -0.39 is 5.60 Å². The van der Waals surface area contributed by atoms with E-state index in [2.05, 4.69) is 141 Å². The first kappa shape index (κ1) is 35.9. The van der Waals surface area contributed by atoms with Crippen molar-refractivity contribution in [3.63, 3.8) is 0 Å². The summed E-state index contributed by atoms with van der Waals surface area (Å²) in [6, 6.07) is 65.0. The normalized spacial score (nSPS) is 12.6. The molecule has 4 nitrogen and oxygen atoms in total. The fourth-order valence-corrected chi connectivity index (χ4v) is 8.11. The van der Waals surface area contributed by atoms with Gasteiger partial charge in [0.05, 0.1) is 0 Å². The molecule has 0 fully saturated rings. The number of benzene rings is 8. The minimum atomic E-state index is -0.530. The van der Waals surface area contributed by atoms with Gasteiger partial charge in [-0.2, -0.15) is 0 Å². The van der Waals surface area contributed by atoms with Crippen LogP contribution in [0.15, 0.2) is 194 Å². The lowest BCUT2D eigenvalue weighted by Crippen LogP contribution is -2.29. The molecule has 10 rings (SSSR count). The molecule has 5 heteroatoms. The molecule has 0 N–H and O–H groups in total. The summed E-state index contributed by atoms with van der Waals surface area (Å²) in [5, 5.41) is 0. The second-order valence-electron chi connectivity index (χ2n) is 15.3. The molecular formula is C54H38FN3O. The largest absolute Gasteiger partial charge is 0.482 e. The van der Waals surface area contributed by atoms with Crippen molar-refractivity contribution in [3.8, 4) is 95.5 Å². The smallest absolute Gasteiger partial charge is 0.164 e. The molecule has 0 unspecified atom stereocenters. The number of ether oxygens (including phenoxy) is 1. The van der Waals surface area contributed by atoms with Crippen molar-refractivity contribution in [1.29, 1.82) is 0 Å². The summed E-state index contributed by atoms with van der Waals surface area (Å²) in [6.07, 6.45) is 0. The average molecular weight is 764 g/mol. The molecule has 0 amide bonds. The van der Waals surface area contributed by atoms with Crippen LogP contribution >= 0.6 is 0 Å². The maximum absolute atomic E-state index is 14.2. The molecule has 1 aliphatic rings. The van der Waals surface area contributed by atoms with Crippen LogP contribution in [-0.4, -0.2) is 15.0 Å². The van der Waals surface area contributed by atoms with Gasteiger partial charge in [0.15, 0.2) is 17.5 Å². The van der Waals surface area contributed by atoms with Gasteiger partial charge in [-0.1, -0.05) is 140 Å². The van der Waals surface area contributed by atoms with Crippen LogP contribution in [0.4, 0.5) is 4.39 Å². The summed E-state index contributed by atoms with van der Waals surface area (Å²) >= 11 is 0. The Labute approximate surface area is 343 Å². The van der Waals surface area contributed by atoms with E-state index >= 15 is 0 Å².